The Bertz CT molecular complexity index is 502. The number of rotatable bonds is 0. The third-order valence-electron chi connectivity index (χ3n) is 5.28. The molecule has 1 aromatic carbocycles. The van der Waals surface area contributed by atoms with Gasteiger partial charge >= 0.3 is 0 Å². The van der Waals surface area contributed by atoms with Gasteiger partial charge in [0.1, 0.15) is 0 Å². The Kier molecular flexibility index (Phi) is 4.92. The number of halogens is 1. The molecule has 0 amide bonds. The van der Waals surface area contributed by atoms with Gasteiger partial charge in [-0.1, -0.05) is 40.0 Å². The van der Waals surface area contributed by atoms with Crippen molar-refractivity contribution >= 4 is 0 Å². The van der Waals surface area contributed by atoms with E-state index in [4.69, 9.17) is 5.73 Å². The molecular weight excluding hydrogens is 265 g/mol. The van der Waals surface area contributed by atoms with Crippen molar-refractivity contribution in [2.24, 2.45) is 11.7 Å². The molecule has 118 valence electrons. The Morgan fingerprint density at radius 3 is 2.67 bits per heavy atom. The van der Waals surface area contributed by atoms with Crippen LogP contribution in [-0.4, -0.2) is 11.1 Å². The van der Waals surface area contributed by atoms with Crippen LogP contribution in [-0.2, 0) is 11.8 Å². The Labute approximate surface area is 127 Å². The standard InChI is InChI=1S/C16H22FNO.C2H6/c1-16-6-4-2-3-5-10(15(16)18)7-11-8-13(17)14(19)9-12(11)16;1-2/h8-10,15,19H,2-7,18H2,1H3;1-2H3. The van der Waals surface area contributed by atoms with Crippen molar-refractivity contribution in [2.45, 2.75) is 70.8 Å². The number of phenols is 1. The van der Waals surface area contributed by atoms with Crippen LogP contribution in [0, 0.1) is 11.7 Å². The van der Waals surface area contributed by atoms with Gasteiger partial charge in [0.05, 0.1) is 0 Å². The van der Waals surface area contributed by atoms with Gasteiger partial charge < -0.3 is 10.8 Å². The van der Waals surface area contributed by atoms with Crippen molar-refractivity contribution in [2.75, 3.05) is 0 Å². The molecule has 3 heteroatoms. The van der Waals surface area contributed by atoms with Gasteiger partial charge in [0.2, 0.25) is 0 Å². The lowest BCUT2D eigenvalue weighted by molar-refractivity contribution is 0.201. The Hall–Kier alpha value is -1.09. The van der Waals surface area contributed by atoms with Gasteiger partial charge in [-0.15, -0.1) is 0 Å². The van der Waals surface area contributed by atoms with Crippen molar-refractivity contribution in [3.05, 3.63) is 29.1 Å². The van der Waals surface area contributed by atoms with Gasteiger partial charge in [0, 0.05) is 11.5 Å². The Morgan fingerprint density at radius 1 is 1.24 bits per heavy atom. The maximum Gasteiger partial charge on any atom is 0.165 e. The summed E-state index contributed by atoms with van der Waals surface area (Å²) < 4.78 is 13.6. The summed E-state index contributed by atoms with van der Waals surface area (Å²) in [6.45, 7) is 6.19. The fourth-order valence-electron chi connectivity index (χ4n) is 4.07. The number of hydrogen-bond donors (Lipinski definition) is 2. The quantitative estimate of drug-likeness (QED) is 0.750. The average molecular weight is 293 g/mol. The first kappa shape index (κ1) is 16.3. The Balaban J connectivity index is 0.000000774. The number of benzene rings is 1. The Morgan fingerprint density at radius 2 is 1.95 bits per heavy atom. The molecule has 3 rings (SSSR count). The van der Waals surface area contributed by atoms with Crippen LogP contribution in [0.5, 0.6) is 5.75 Å². The molecule has 3 unspecified atom stereocenters. The zero-order chi connectivity index (χ0) is 15.6. The molecule has 2 bridgehead atoms. The second kappa shape index (κ2) is 6.35. The third-order valence-corrected chi connectivity index (χ3v) is 5.28. The molecular formula is C18H28FNO. The molecule has 0 aliphatic heterocycles. The zero-order valence-electron chi connectivity index (χ0n) is 13.5. The van der Waals surface area contributed by atoms with E-state index in [1.165, 1.54) is 18.9 Å². The highest BCUT2D eigenvalue weighted by atomic mass is 19.1. The second-order valence-corrected chi connectivity index (χ2v) is 6.47. The third kappa shape index (κ3) is 2.80. The molecule has 0 spiro atoms. The van der Waals surface area contributed by atoms with Gasteiger partial charge in [0.15, 0.2) is 11.6 Å². The maximum atomic E-state index is 13.6. The fourth-order valence-corrected chi connectivity index (χ4v) is 4.07. The molecule has 3 N–H and O–H groups in total. The van der Waals surface area contributed by atoms with E-state index in [9.17, 15) is 9.50 Å². The predicted molar refractivity (Wildman–Crippen MR) is 85.0 cm³/mol. The zero-order valence-corrected chi connectivity index (χ0v) is 13.5. The minimum absolute atomic E-state index is 0.116. The van der Waals surface area contributed by atoms with E-state index in [-0.39, 0.29) is 17.2 Å². The summed E-state index contributed by atoms with van der Waals surface area (Å²) in [7, 11) is 0. The van der Waals surface area contributed by atoms with E-state index in [2.05, 4.69) is 6.92 Å². The van der Waals surface area contributed by atoms with E-state index in [1.807, 2.05) is 13.8 Å². The normalized spacial score (nSPS) is 31.3. The van der Waals surface area contributed by atoms with Crippen LogP contribution >= 0.6 is 0 Å². The maximum absolute atomic E-state index is 13.6. The second-order valence-electron chi connectivity index (χ2n) is 6.47. The van der Waals surface area contributed by atoms with E-state index in [0.717, 1.165) is 36.8 Å². The van der Waals surface area contributed by atoms with Crippen LogP contribution in [0.2, 0.25) is 0 Å². The van der Waals surface area contributed by atoms with E-state index >= 15 is 0 Å². The van der Waals surface area contributed by atoms with Crippen LogP contribution < -0.4 is 5.73 Å². The molecule has 2 aliphatic rings. The largest absolute Gasteiger partial charge is 0.505 e. The van der Waals surface area contributed by atoms with Crippen LogP contribution in [0.3, 0.4) is 0 Å². The van der Waals surface area contributed by atoms with Crippen molar-refractivity contribution in [1.29, 1.82) is 0 Å². The topological polar surface area (TPSA) is 46.2 Å². The van der Waals surface area contributed by atoms with Crippen molar-refractivity contribution in [3.8, 4) is 5.75 Å². The van der Waals surface area contributed by atoms with Crippen molar-refractivity contribution in [1.82, 2.24) is 0 Å². The van der Waals surface area contributed by atoms with Gasteiger partial charge in [-0.3, -0.25) is 0 Å². The summed E-state index contributed by atoms with van der Waals surface area (Å²) >= 11 is 0. The molecule has 1 saturated carbocycles. The van der Waals surface area contributed by atoms with Crippen LogP contribution in [0.25, 0.3) is 0 Å². The highest BCUT2D eigenvalue weighted by molar-refractivity contribution is 5.44. The van der Waals surface area contributed by atoms with Gasteiger partial charge in [0.25, 0.3) is 0 Å². The van der Waals surface area contributed by atoms with E-state index < -0.39 is 5.82 Å². The number of aromatic hydroxyl groups is 1. The molecule has 2 nitrogen and oxygen atoms in total. The number of fused-ring (bicyclic) bond motifs is 4. The van der Waals surface area contributed by atoms with E-state index in [0.29, 0.717) is 5.92 Å². The smallest absolute Gasteiger partial charge is 0.165 e. The number of nitrogens with two attached hydrogens (primary N) is 1. The lowest BCUT2D eigenvalue weighted by Crippen LogP contribution is -2.52. The lowest BCUT2D eigenvalue weighted by atomic mass is 9.60. The van der Waals surface area contributed by atoms with Crippen LogP contribution in [0.4, 0.5) is 4.39 Å². The van der Waals surface area contributed by atoms with Gasteiger partial charge in [-0.25, -0.2) is 4.39 Å². The highest BCUT2D eigenvalue weighted by Gasteiger charge is 2.44. The van der Waals surface area contributed by atoms with Crippen LogP contribution in [0.1, 0.15) is 64.0 Å². The molecule has 1 fully saturated rings. The SMILES string of the molecule is CC.CC12CCCCCC(Cc3cc(F)c(O)cc31)C2N. The predicted octanol–water partition coefficient (Wildman–Crippen LogP) is 4.28. The fraction of sp³-hybridized carbons (Fsp3) is 0.667. The molecule has 3 atom stereocenters. The molecule has 0 aromatic heterocycles. The summed E-state index contributed by atoms with van der Waals surface area (Å²) in [6.07, 6.45) is 6.66. The molecule has 2 aliphatic carbocycles. The lowest BCUT2D eigenvalue weighted by Gasteiger charge is -2.47. The minimum atomic E-state index is -0.507. The molecule has 1 aromatic rings. The summed E-state index contributed by atoms with van der Waals surface area (Å²) in [5.41, 5.74) is 8.51. The summed E-state index contributed by atoms with van der Waals surface area (Å²) in [4.78, 5) is 0. The average Bonchev–Trinajstić information content (AvgIpc) is 2.48. The van der Waals surface area contributed by atoms with Gasteiger partial charge in [-0.05, 0) is 48.4 Å². The first-order valence-electron chi connectivity index (χ1n) is 8.30. The summed E-state index contributed by atoms with van der Waals surface area (Å²) in [6, 6.07) is 3.25. The number of hydrogen-bond acceptors (Lipinski definition) is 2. The monoisotopic (exact) mass is 293 g/mol. The first-order valence-corrected chi connectivity index (χ1v) is 8.30. The van der Waals surface area contributed by atoms with Crippen LogP contribution in [0.15, 0.2) is 12.1 Å². The molecule has 21 heavy (non-hydrogen) atoms. The molecule has 0 saturated heterocycles. The number of phenolic OH excluding ortho intramolecular Hbond substituents is 1. The molecule has 0 heterocycles. The molecule has 0 radical (unpaired) electrons. The van der Waals surface area contributed by atoms with Crippen molar-refractivity contribution < 1.29 is 9.50 Å². The highest BCUT2D eigenvalue weighted by Crippen LogP contribution is 2.46. The van der Waals surface area contributed by atoms with Crippen molar-refractivity contribution in [3.63, 3.8) is 0 Å². The summed E-state index contributed by atoms with van der Waals surface area (Å²) in [5, 5.41) is 9.68. The van der Waals surface area contributed by atoms with Gasteiger partial charge in [-0.2, -0.15) is 0 Å². The summed E-state index contributed by atoms with van der Waals surface area (Å²) in [5.74, 6) is -0.304. The van der Waals surface area contributed by atoms with E-state index in [1.54, 1.807) is 6.07 Å². The minimum Gasteiger partial charge on any atom is -0.505 e. The first-order chi connectivity index (χ1) is 10.0.